The Labute approximate surface area is 370 Å². The van der Waals surface area contributed by atoms with Crippen molar-refractivity contribution in [2.45, 2.75) is 5.41 Å². The van der Waals surface area contributed by atoms with E-state index in [9.17, 15) is 0 Å². The molecule has 0 saturated heterocycles. The quantitative estimate of drug-likeness (QED) is 0.177. The summed E-state index contributed by atoms with van der Waals surface area (Å²) in [4.78, 5) is 10.7. The zero-order valence-corrected chi connectivity index (χ0v) is 34.7. The number of benzene rings is 10. The molecule has 14 rings (SSSR count). The topological polar surface area (TPSA) is 30.7 Å². The summed E-state index contributed by atoms with van der Waals surface area (Å²) >= 11 is 0. The van der Waals surface area contributed by atoms with Gasteiger partial charge < -0.3 is 4.57 Å². The molecule has 0 unspecified atom stereocenters. The van der Waals surface area contributed by atoms with Crippen molar-refractivity contribution in [2.24, 2.45) is 0 Å². The molecule has 0 amide bonds. The standard InChI is InChI=1S/C61H37N3/c1-2-17-38(18-3-1)39-33-35-40(36-34-39)58-48-26-9-14-31-53(48)62-60(63-58)41-19-16-20-42(37-41)64-54-32-15-10-27-49(54)56-46-24-5-4-23-45(46)55-47-25-8-13-30-52(47)61(57(55)59(56)64)50-28-11-6-21-43(50)44-22-7-12-29-51(44)61/h1-37H. The van der Waals surface area contributed by atoms with Crippen LogP contribution in [0.5, 0.6) is 0 Å². The van der Waals surface area contributed by atoms with Crippen LogP contribution in [0.25, 0.3) is 105 Å². The maximum atomic E-state index is 5.40. The van der Waals surface area contributed by atoms with Gasteiger partial charge in [0.15, 0.2) is 5.82 Å². The van der Waals surface area contributed by atoms with Gasteiger partial charge in [-0.25, -0.2) is 9.97 Å². The zero-order chi connectivity index (χ0) is 41.9. The Bertz CT molecular complexity index is 3850. The molecule has 3 nitrogen and oxygen atoms in total. The Balaban J connectivity index is 1.06. The van der Waals surface area contributed by atoms with Crippen molar-refractivity contribution < 1.29 is 0 Å². The lowest BCUT2D eigenvalue weighted by molar-refractivity contribution is 0.797. The smallest absolute Gasteiger partial charge is 0.160 e. The van der Waals surface area contributed by atoms with E-state index in [1.165, 1.54) is 82.7 Å². The predicted molar refractivity (Wildman–Crippen MR) is 264 cm³/mol. The van der Waals surface area contributed by atoms with Crippen molar-refractivity contribution in [1.29, 1.82) is 0 Å². The molecule has 2 heterocycles. The molecule has 12 aromatic rings. The van der Waals surface area contributed by atoms with Crippen LogP contribution in [-0.2, 0) is 5.41 Å². The van der Waals surface area contributed by atoms with Crippen molar-refractivity contribution in [1.82, 2.24) is 14.5 Å². The summed E-state index contributed by atoms with van der Waals surface area (Å²) in [6.45, 7) is 0. The Morgan fingerprint density at radius 2 is 0.922 bits per heavy atom. The molecule has 10 aromatic carbocycles. The summed E-state index contributed by atoms with van der Waals surface area (Å²) in [6.07, 6.45) is 0. The summed E-state index contributed by atoms with van der Waals surface area (Å²) < 4.78 is 2.54. The van der Waals surface area contributed by atoms with E-state index >= 15 is 0 Å². The van der Waals surface area contributed by atoms with E-state index in [1.807, 2.05) is 0 Å². The van der Waals surface area contributed by atoms with Crippen LogP contribution < -0.4 is 0 Å². The van der Waals surface area contributed by atoms with Gasteiger partial charge in [0, 0.05) is 38.5 Å². The van der Waals surface area contributed by atoms with Gasteiger partial charge in [-0.1, -0.05) is 200 Å². The molecule has 0 atom stereocenters. The lowest BCUT2D eigenvalue weighted by atomic mass is 9.70. The number of hydrogen-bond acceptors (Lipinski definition) is 2. The highest BCUT2D eigenvalue weighted by Crippen LogP contribution is 2.66. The van der Waals surface area contributed by atoms with E-state index in [4.69, 9.17) is 9.97 Å². The lowest BCUT2D eigenvalue weighted by Crippen LogP contribution is -2.26. The Morgan fingerprint density at radius 1 is 0.375 bits per heavy atom. The first-order chi connectivity index (χ1) is 31.8. The van der Waals surface area contributed by atoms with Crippen LogP contribution in [0, 0.1) is 0 Å². The van der Waals surface area contributed by atoms with Crippen LogP contribution in [0.1, 0.15) is 22.3 Å². The second-order valence-corrected chi connectivity index (χ2v) is 17.2. The summed E-state index contributed by atoms with van der Waals surface area (Å²) in [6, 6.07) is 81.9. The zero-order valence-electron chi connectivity index (χ0n) is 34.7. The van der Waals surface area contributed by atoms with Crippen LogP contribution >= 0.6 is 0 Å². The van der Waals surface area contributed by atoms with Crippen molar-refractivity contribution in [3.05, 3.63) is 247 Å². The molecule has 0 saturated carbocycles. The molecular weight excluding hydrogens is 775 g/mol. The third kappa shape index (κ3) is 4.70. The summed E-state index contributed by atoms with van der Waals surface area (Å²) in [5, 5.41) is 6.07. The van der Waals surface area contributed by atoms with Crippen LogP contribution in [-0.4, -0.2) is 14.5 Å². The minimum absolute atomic E-state index is 0.544. The normalized spacial score (nSPS) is 13.1. The van der Waals surface area contributed by atoms with E-state index < -0.39 is 5.41 Å². The molecule has 0 aliphatic heterocycles. The lowest BCUT2D eigenvalue weighted by Gasteiger charge is -2.31. The van der Waals surface area contributed by atoms with Gasteiger partial charge in [0.05, 0.1) is 27.7 Å². The average molecular weight is 812 g/mol. The number of para-hydroxylation sites is 2. The van der Waals surface area contributed by atoms with Crippen LogP contribution in [0.15, 0.2) is 224 Å². The van der Waals surface area contributed by atoms with E-state index in [2.05, 4.69) is 229 Å². The van der Waals surface area contributed by atoms with Crippen LogP contribution in [0.3, 0.4) is 0 Å². The molecule has 1 spiro atoms. The Morgan fingerprint density at radius 3 is 1.67 bits per heavy atom. The average Bonchev–Trinajstić information content (AvgIpc) is 3.99. The molecule has 2 aliphatic rings. The van der Waals surface area contributed by atoms with Gasteiger partial charge in [-0.15, -0.1) is 0 Å². The third-order valence-electron chi connectivity index (χ3n) is 14.0. The molecule has 296 valence electrons. The first-order valence-electron chi connectivity index (χ1n) is 22.1. The highest BCUT2D eigenvalue weighted by molar-refractivity contribution is 6.27. The molecule has 3 heteroatoms. The first-order valence-corrected chi connectivity index (χ1v) is 22.1. The molecular formula is C61H37N3. The molecule has 0 radical (unpaired) electrons. The molecule has 2 aliphatic carbocycles. The SMILES string of the molecule is c1ccc(-c2ccc(-c3nc(-c4cccc(-n5c6ccccc6c6c7ccccc7c7c(c65)C5(c6ccccc6-c6ccccc65)c5ccccc5-7)c4)nc4ccccc34)cc2)cc1. The maximum Gasteiger partial charge on any atom is 0.160 e. The fourth-order valence-corrected chi connectivity index (χ4v) is 11.5. The van der Waals surface area contributed by atoms with E-state index in [1.54, 1.807) is 0 Å². The van der Waals surface area contributed by atoms with Gasteiger partial charge in [-0.05, 0) is 85.1 Å². The largest absolute Gasteiger partial charge is 0.309 e. The highest BCUT2D eigenvalue weighted by atomic mass is 15.0. The van der Waals surface area contributed by atoms with Gasteiger partial charge in [-0.2, -0.15) is 0 Å². The summed E-state index contributed by atoms with van der Waals surface area (Å²) in [5.74, 6) is 0.696. The number of aromatic nitrogens is 3. The van der Waals surface area contributed by atoms with Gasteiger partial charge in [0.1, 0.15) is 0 Å². The second-order valence-electron chi connectivity index (χ2n) is 17.2. The van der Waals surface area contributed by atoms with Gasteiger partial charge in [0.25, 0.3) is 0 Å². The third-order valence-corrected chi connectivity index (χ3v) is 14.0. The summed E-state index contributed by atoms with van der Waals surface area (Å²) in [7, 11) is 0. The second kappa shape index (κ2) is 13.3. The van der Waals surface area contributed by atoms with Crippen molar-refractivity contribution in [3.8, 4) is 61.7 Å². The van der Waals surface area contributed by atoms with E-state index in [-0.39, 0.29) is 0 Å². The molecule has 0 fully saturated rings. The first kappa shape index (κ1) is 35.2. The fourth-order valence-electron chi connectivity index (χ4n) is 11.5. The van der Waals surface area contributed by atoms with Crippen molar-refractivity contribution in [2.75, 3.05) is 0 Å². The Hall–Kier alpha value is -8.40. The maximum absolute atomic E-state index is 5.40. The molecule has 0 bridgehead atoms. The monoisotopic (exact) mass is 811 g/mol. The van der Waals surface area contributed by atoms with E-state index in [0.29, 0.717) is 5.82 Å². The van der Waals surface area contributed by atoms with Gasteiger partial charge in [0.2, 0.25) is 0 Å². The van der Waals surface area contributed by atoms with Crippen LogP contribution in [0.4, 0.5) is 0 Å². The minimum Gasteiger partial charge on any atom is -0.309 e. The number of nitrogens with zero attached hydrogens (tertiary/aromatic N) is 3. The molecule has 64 heavy (non-hydrogen) atoms. The number of hydrogen-bond donors (Lipinski definition) is 0. The van der Waals surface area contributed by atoms with Crippen molar-refractivity contribution >= 4 is 43.5 Å². The Kier molecular flexibility index (Phi) is 7.32. The highest BCUT2D eigenvalue weighted by Gasteiger charge is 2.53. The summed E-state index contributed by atoms with van der Waals surface area (Å²) in [5.41, 5.74) is 19.7. The van der Waals surface area contributed by atoms with Gasteiger partial charge in [-0.3, -0.25) is 0 Å². The molecule has 0 N–H and O–H groups in total. The van der Waals surface area contributed by atoms with Crippen LogP contribution in [0.2, 0.25) is 0 Å². The van der Waals surface area contributed by atoms with Crippen molar-refractivity contribution in [3.63, 3.8) is 0 Å². The number of fused-ring (bicyclic) bond motifs is 18. The predicted octanol–water partition coefficient (Wildman–Crippen LogP) is 15.2. The molecule has 2 aromatic heterocycles. The van der Waals surface area contributed by atoms with Gasteiger partial charge >= 0.3 is 0 Å². The fraction of sp³-hybridized carbons (Fsp3) is 0.0164. The van der Waals surface area contributed by atoms with E-state index in [0.717, 1.165) is 38.9 Å². The minimum atomic E-state index is -0.544. The number of rotatable bonds is 4.